The Morgan fingerprint density at radius 1 is 1.22 bits per heavy atom. The SMILES string of the molecule is CC(C)(C)CCOC(=O)CCN1C(=O)CCC1=O. The van der Waals surface area contributed by atoms with Gasteiger partial charge in [0.1, 0.15) is 0 Å². The van der Waals surface area contributed by atoms with Crippen molar-refractivity contribution >= 4 is 17.8 Å². The number of esters is 1. The van der Waals surface area contributed by atoms with Crippen molar-refractivity contribution in [2.24, 2.45) is 5.41 Å². The fraction of sp³-hybridized carbons (Fsp3) is 0.769. The molecule has 0 aromatic rings. The first-order valence-corrected chi connectivity index (χ1v) is 6.28. The molecule has 5 nitrogen and oxygen atoms in total. The first kappa shape index (κ1) is 14.7. The Kier molecular flexibility index (Phi) is 4.87. The van der Waals surface area contributed by atoms with Gasteiger partial charge in [-0.05, 0) is 11.8 Å². The molecule has 0 atom stereocenters. The maximum atomic E-state index is 11.4. The fourth-order valence-electron chi connectivity index (χ4n) is 1.62. The van der Waals surface area contributed by atoms with Gasteiger partial charge in [0.05, 0.1) is 13.0 Å². The Morgan fingerprint density at radius 2 is 1.78 bits per heavy atom. The van der Waals surface area contributed by atoms with E-state index in [0.717, 1.165) is 11.3 Å². The van der Waals surface area contributed by atoms with Gasteiger partial charge in [0, 0.05) is 19.4 Å². The van der Waals surface area contributed by atoms with E-state index < -0.39 is 0 Å². The number of imide groups is 1. The van der Waals surface area contributed by atoms with Crippen LogP contribution in [0.15, 0.2) is 0 Å². The van der Waals surface area contributed by atoms with Gasteiger partial charge in [-0.3, -0.25) is 19.3 Å². The number of nitrogens with zero attached hydrogens (tertiary/aromatic N) is 1. The van der Waals surface area contributed by atoms with E-state index in [-0.39, 0.29) is 49.0 Å². The zero-order valence-electron chi connectivity index (χ0n) is 11.3. The topological polar surface area (TPSA) is 63.7 Å². The van der Waals surface area contributed by atoms with Crippen molar-refractivity contribution in [1.82, 2.24) is 4.90 Å². The molecule has 18 heavy (non-hydrogen) atoms. The average molecular weight is 255 g/mol. The third-order valence-corrected chi connectivity index (χ3v) is 2.81. The number of carbonyl (C=O) groups excluding carboxylic acids is 3. The number of ether oxygens (including phenoxy) is 1. The number of amides is 2. The van der Waals surface area contributed by atoms with E-state index in [0.29, 0.717) is 6.61 Å². The monoisotopic (exact) mass is 255 g/mol. The van der Waals surface area contributed by atoms with Gasteiger partial charge in [0.25, 0.3) is 0 Å². The summed E-state index contributed by atoms with van der Waals surface area (Å²) < 4.78 is 5.06. The molecular formula is C13H21NO4. The van der Waals surface area contributed by atoms with E-state index in [9.17, 15) is 14.4 Å². The normalized spacial score (nSPS) is 16.3. The molecule has 102 valence electrons. The highest BCUT2D eigenvalue weighted by molar-refractivity contribution is 6.02. The highest BCUT2D eigenvalue weighted by atomic mass is 16.5. The zero-order chi connectivity index (χ0) is 13.8. The lowest BCUT2D eigenvalue weighted by Gasteiger charge is -2.18. The Bertz CT molecular complexity index is 327. The predicted molar refractivity (Wildman–Crippen MR) is 65.6 cm³/mol. The van der Waals surface area contributed by atoms with Gasteiger partial charge in [-0.15, -0.1) is 0 Å². The van der Waals surface area contributed by atoms with Crippen molar-refractivity contribution in [3.05, 3.63) is 0 Å². The maximum Gasteiger partial charge on any atom is 0.307 e. The summed E-state index contributed by atoms with van der Waals surface area (Å²) in [7, 11) is 0. The summed E-state index contributed by atoms with van der Waals surface area (Å²) in [4.78, 5) is 35.2. The summed E-state index contributed by atoms with van der Waals surface area (Å²) in [6.07, 6.45) is 1.40. The van der Waals surface area contributed by atoms with Gasteiger partial charge in [0.2, 0.25) is 11.8 Å². The van der Waals surface area contributed by atoms with Crippen molar-refractivity contribution in [2.45, 2.75) is 46.5 Å². The molecule has 0 radical (unpaired) electrons. The molecule has 1 saturated heterocycles. The number of hydrogen-bond acceptors (Lipinski definition) is 4. The minimum Gasteiger partial charge on any atom is -0.466 e. The summed E-state index contributed by atoms with van der Waals surface area (Å²) >= 11 is 0. The molecule has 2 amide bonds. The molecule has 0 aromatic carbocycles. The van der Waals surface area contributed by atoms with Crippen molar-refractivity contribution in [1.29, 1.82) is 0 Å². The van der Waals surface area contributed by atoms with Crippen molar-refractivity contribution in [2.75, 3.05) is 13.2 Å². The molecule has 0 N–H and O–H groups in total. The highest BCUT2D eigenvalue weighted by Crippen LogP contribution is 2.18. The molecular weight excluding hydrogens is 234 g/mol. The van der Waals surface area contributed by atoms with Gasteiger partial charge in [-0.1, -0.05) is 20.8 Å². The van der Waals surface area contributed by atoms with E-state index in [1.165, 1.54) is 0 Å². The number of likely N-dealkylation sites (tertiary alicyclic amines) is 1. The first-order valence-electron chi connectivity index (χ1n) is 6.28. The van der Waals surface area contributed by atoms with Gasteiger partial charge in [-0.2, -0.15) is 0 Å². The van der Waals surface area contributed by atoms with Gasteiger partial charge < -0.3 is 4.74 Å². The minimum atomic E-state index is -0.355. The van der Waals surface area contributed by atoms with Crippen LogP contribution in [0.2, 0.25) is 0 Å². The summed E-state index contributed by atoms with van der Waals surface area (Å²) in [6.45, 7) is 6.74. The number of hydrogen-bond donors (Lipinski definition) is 0. The molecule has 1 aliphatic rings. The zero-order valence-corrected chi connectivity index (χ0v) is 11.3. The van der Waals surface area contributed by atoms with Gasteiger partial charge in [-0.25, -0.2) is 0 Å². The van der Waals surface area contributed by atoms with Crippen LogP contribution < -0.4 is 0 Å². The third kappa shape index (κ3) is 4.85. The van der Waals surface area contributed by atoms with Crippen LogP contribution in [0, 0.1) is 5.41 Å². The van der Waals surface area contributed by atoms with Crippen LogP contribution in [0.3, 0.4) is 0 Å². The smallest absolute Gasteiger partial charge is 0.307 e. The van der Waals surface area contributed by atoms with E-state index in [4.69, 9.17) is 4.74 Å². The van der Waals surface area contributed by atoms with Crippen LogP contribution in [-0.2, 0) is 19.1 Å². The van der Waals surface area contributed by atoms with E-state index >= 15 is 0 Å². The third-order valence-electron chi connectivity index (χ3n) is 2.81. The van der Waals surface area contributed by atoms with Crippen LogP contribution in [0.25, 0.3) is 0 Å². The maximum absolute atomic E-state index is 11.4. The van der Waals surface area contributed by atoms with Crippen LogP contribution in [-0.4, -0.2) is 35.8 Å². The second-order valence-electron chi connectivity index (χ2n) is 5.72. The largest absolute Gasteiger partial charge is 0.466 e. The first-order chi connectivity index (χ1) is 8.29. The lowest BCUT2D eigenvalue weighted by atomic mass is 9.93. The molecule has 0 bridgehead atoms. The second-order valence-corrected chi connectivity index (χ2v) is 5.72. The van der Waals surface area contributed by atoms with Crippen LogP contribution in [0.5, 0.6) is 0 Å². The standard InChI is InChI=1S/C13H21NO4/c1-13(2,3)7-9-18-12(17)6-8-14-10(15)4-5-11(14)16/h4-9H2,1-3H3. The Balaban J connectivity index is 2.21. The van der Waals surface area contributed by atoms with E-state index in [2.05, 4.69) is 20.8 Å². The van der Waals surface area contributed by atoms with Crippen LogP contribution >= 0.6 is 0 Å². The van der Waals surface area contributed by atoms with Crippen LogP contribution in [0.1, 0.15) is 46.5 Å². The van der Waals surface area contributed by atoms with E-state index in [1.807, 2.05) is 0 Å². The minimum absolute atomic E-state index is 0.0849. The number of carbonyl (C=O) groups is 3. The van der Waals surface area contributed by atoms with Crippen LogP contribution in [0.4, 0.5) is 0 Å². The average Bonchev–Trinajstić information content (AvgIpc) is 2.54. The Labute approximate surface area is 107 Å². The molecule has 0 unspecified atom stereocenters. The second kappa shape index (κ2) is 5.98. The molecule has 0 aliphatic carbocycles. The molecule has 0 saturated carbocycles. The molecule has 1 aliphatic heterocycles. The molecule has 1 heterocycles. The van der Waals surface area contributed by atoms with Crippen molar-refractivity contribution < 1.29 is 19.1 Å². The van der Waals surface area contributed by atoms with E-state index in [1.54, 1.807) is 0 Å². The highest BCUT2D eigenvalue weighted by Gasteiger charge is 2.28. The molecule has 0 aromatic heterocycles. The van der Waals surface area contributed by atoms with Gasteiger partial charge in [0.15, 0.2) is 0 Å². The summed E-state index contributed by atoms with van der Waals surface area (Å²) in [5, 5.41) is 0. The Morgan fingerprint density at radius 3 is 2.28 bits per heavy atom. The molecule has 0 spiro atoms. The quantitative estimate of drug-likeness (QED) is 0.551. The predicted octanol–water partition coefficient (Wildman–Crippen LogP) is 1.50. The summed E-state index contributed by atoms with van der Waals surface area (Å²) in [5.41, 5.74) is 0.126. The lowest BCUT2D eigenvalue weighted by Crippen LogP contribution is -2.31. The van der Waals surface area contributed by atoms with Gasteiger partial charge >= 0.3 is 5.97 Å². The molecule has 1 fully saturated rings. The lowest BCUT2D eigenvalue weighted by molar-refractivity contribution is -0.145. The summed E-state index contributed by atoms with van der Waals surface area (Å²) in [6, 6.07) is 0. The van der Waals surface area contributed by atoms with Crippen molar-refractivity contribution in [3.8, 4) is 0 Å². The van der Waals surface area contributed by atoms with Crippen molar-refractivity contribution in [3.63, 3.8) is 0 Å². The number of rotatable bonds is 5. The fourth-order valence-corrected chi connectivity index (χ4v) is 1.62. The Hall–Kier alpha value is -1.39. The summed E-state index contributed by atoms with van der Waals surface area (Å²) in [5.74, 6) is -0.739. The molecule has 5 heteroatoms. The molecule has 1 rings (SSSR count).